The molecule has 4 rings (SSSR count). The van der Waals surface area contributed by atoms with Gasteiger partial charge in [-0.2, -0.15) is 4.52 Å². The Morgan fingerprint density at radius 1 is 0.943 bits per heavy atom. The lowest BCUT2D eigenvalue weighted by molar-refractivity contribution is 0.306. The Morgan fingerprint density at radius 3 is 2.43 bits per heavy atom. The van der Waals surface area contributed by atoms with Gasteiger partial charge in [-0.25, -0.2) is 13.1 Å². The molecule has 0 aliphatic rings. The van der Waals surface area contributed by atoms with E-state index in [0.717, 1.165) is 24.0 Å². The van der Waals surface area contributed by atoms with E-state index in [9.17, 15) is 8.42 Å². The summed E-state index contributed by atoms with van der Waals surface area (Å²) in [6, 6.07) is 15.7. The van der Waals surface area contributed by atoms with Crippen LogP contribution in [0.25, 0.3) is 17.0 Å². The topological polar surface area (TPSA) is 117 Å². The van der Waals surface area contributed by atoms with Gasteiger partial charge >= 0.3 is 0 Å². The number of hydrogen-bond acceptors (Lipinski definition) is 8. The van der Waals surface area contributed by atoms with Gasteiger partial charge in [0.15, 0.2) is 23.0 Å². The summed E-state index contributed by atoms with van der Waals surface area (Å²) in [4.78, 5) is 0.223. The van der Waals surface area contributed by atoms with Crippen LogP contribution in [0.2, 0.25) is 0 Å². The van der Waals surface area contributed by atoms with Crippen LogP contribution < -0.4 is 18.9 Å². The van der Waals surface area contributed by atoms with Gasteiger partial charge in [-0.05, 0) is 48.4 Å². The second-order valence-corrected chi connectivity index (χ2v) is 9.44. The first-order valence-electron chi connectivity index (χ1n) is 11.1. The van der Waals surface area contributed by atoms with E-state index in [4.69, 9.17) is 14.2 Å². The molecule has 2 heterocycles. The second kappa shape index (κ2) is 10.7. The van der Waals surface area contributed by atoms with E-state index in [1.165, 1.54) is 0 Å². The number of nitrogens with zero attached hydrogens (tertiary/aromatic N) is 4. The predicted molar refractivity (Wildman–Crippen MR) is 130 cm³/mol. The van der Waals surface area contributed by atoms with E-state index >= 15 is 0 Å². The zero-order chi connectivity index (χ0) is 24.8. The molecule has 0 spiro atoms. The average Bonchev–Trinajstić information content (AvgIpc) is 3.30. The van der Waals surface area contributed by atoms with Crippen LogP contribution in [0.1, 0.15) is 18.9 Å². The van der Waals surface area contributed by atoms with Gasteiger partial charge in [0.25, 0.3) is 0 Å². The highest BCUT2D eigenvalue weighted by Gasteiger charge is 2.15. The Hall–Kier alpha value is -3.70. The van der Waals surface area contributed by atoms with Crippen molar-refractivity contribution < 1.29 is 22.6 Å². The fraction of sp³-hybridized carbons (Fsp3) is 0.292. The molecule has 11 heteroatoms. The van der Waals surface area contributed by atoms with Crippen LogP contribution in [-0.2, 0) is 16.4 Å². The second-order valence-electron chi connectivity index (χ2n) is 7.68. The van der Waals surface area contributed by atoms with Crippen LogP contribution in [-0.4, -0.2) is 55.6 Å². The molecule has 0 atom stereocenters. The Bertz CT molecular complexity index is 1400. The Balaban J connectivity index is 1.42. The molecule has 0 radical (unpaired) electrons. The van der Waals surface area contributed by atoms with E-state index in [1.54, 1.807) is 55.1 Å². The zero-order valence-corrected chi connectivity index (χ0v) is 20.6. The number of aromatic nitrogens is 4. The molecular weight excluding hydrogens is 470 g/mol. The molecule has 2 aromatic carbocycles. The largest absolute Gasteiger partial charge is 0.493 e. The predicted octanol–water partition coefficient (Wildman–Crippen LogP) is 3.12. The maximum atomic E-state index is 12.5. The summed E-state index contributed by atoms with van der Waals surface area (Å²) in [5.41, 5.74) is 2.38. The molecule has 0 bridgehead atoms. The first kappa shape index (κ1) is 24.4. The maximum Gasteiger partial charge on any atom is 0.240 e. The van der Waals surface area contributed by atoms with Gasteiger partial charge in [0.1, 0.15) is 6.61 Å². The molecule has 0 saturated heterocycles. The number of sulfonamides is 1. The third kappa shape index (κ3) is 5.52. The normalized spacial score (nSPS) is 11.5. The number of aryl methyl sites for hydroxylation is 1. The van der Waals surface area contributed by atoms with Crippen molar-refractivity contribution in [3.8, 4) is 28.8 Å². The van der Waals surface area contributed by atoms with Crippen LogP contribution in [0.4, 0.5) is 0 Å². The molecule has 35 heavy (non-hydrogen) atoms. The first-order chi connectivity index (χ1) is 16.9. The highest BCUT2D eigenvalue weighted by molar-refractivity contribution is 7.89. The summed E-state index contributed by atoms with van der Waals surface area (Å²) >= 11 is 0. The molecule has 184 valence electrons. The number of ether oxygens (including phenoxy) is 3. The highest BCUT2D eigenvalue weighted by atomic mass is 32.2. The van der Waals surface area contributed by atoms with Gasteiger partial charge in [0.2, 0.25) is 15.9 Å². The van der Waals surface area contributed by atoms with Crippen molar-refractivity contribution in [2.24, 2.45) is 0 Å². The first-order valence-corrected chi connectivity index (χ1v) is 12.6. The van der Waals surface area contributed by atoms with E-state index in [2.05, 4.69) is 26.9 Å². The fourth-order valence-corrected chi connectivity index (χ4v) is 4.56. The van der Waals surface area contributed by atoms with Crippen molar-refractivity contribution >= 4 is 15.7 Å². The number of rotatable bonds is 11. The SMILES string of the molecule is CCCc1ccc(S(=O)(=O)NCCOc2ccc3nnc(-c4ccc(OC)c(OC)c4)n3n2)cc1. The van der Waals surface area contributed by atoms with E-state index in [-0.39, 0.29) is 18.0 Å². The van der Waals surface area contributed by atoms with E-state index in [0.29, 0.717) is 28.9 Å². The van der Waals surface area contributed by atoms with Crippen LogP contribution in [0.5, 0.6) is 17.4 Å². The minimum absolute atomic E-state index is 0.0868. The summed E-state index contributed by atoms with van der Waals surface area (Å²) < 4.78 is 45.5. The van der Waals surface area contributed by atoms with Gasteiger partial charge in [0, 0.05) is 18.2 Å². The van der Waals surface area contributed by atoms with Gasteiger partial charge in [-0.15, -0.1) is 15.3 Å². The van der Waals surface area contributed by atoms with Crippen LogP contribution in [0.15, 0.2) is 59.5 Å². The number of benzene rings is 2. The van der Waals surface area contributed by atoms with Gasteiger partial charge in [-0.1, -0.05) is 25.5 Å². The lowest BCUT2D eigenvalue weighted by Gasteiger charge is -2.10. The Kier molecular flexibility index (Phi) is 7.47. The monoisotopic (exact) mass is 497 g/mol. The lowest BCUT2D eigenvalue weighted by atomic mass is 10.1. The van der Waals surface area contributed by atoms with Crippen molar-refractivity contribution in [3.05, 3.63) is 60.2 Å². The zero-order valence-electron chi connectivity index (χ0n) is 19.8. The molecule has 0 amide bonds. The van der Waals surface area contributed by atoms with Crippen molar-refractivity contribution in [2.45, 2.75) is 24.7 Å². The molecule has 1 N–H and O–H groups in total. The van der Waals surface area contributed by atoms with E-state index in [1.807, 2.05) is 18.2 Å². The summed E-state index contributed by atoms with van der Waals surface area (Å²) in [5, 5.41) is 12.8. The third-order valence-electron chi connectivity index (χ3n) is 5.30. The third-order valence-corrected chi connectivity index (χ3v) is 6.77. The van der Waals surface area contributed by atoms with Crippen molar-refractivity contribution in [1.29, 1.82) is 0 Å². The number of nitrogens with one attached hydrogen (secondary N) is 1. The maximum absolute atomic E-state index is 12.5. The number of hydrogen-bond donors (Lipinski definition) is 1. The minimum atomic E-state index is -3.63. The van der Waals surface area contributed by atoms with Crippen molar-refractivity contribution in [3.63, 3.8) is 0 Å². The van der Waals surface area contributed by atoms with Crippen LogP contribution in [0, 0.1) is 0 Å². The summed E-state index contributed by atoms with van der Waals surface area (Å²) in [6.45, 7) is 2.27. The summed E-state index contributed by atoms with van der Waals surface area (Å²) in [6.07, 6.45) is 1.92. The standard InChI is InChI=1S/C24H27N5O5S/c1-4-5-17-6-9-19(10-7-17)35(30,31)25-14-15-34-23-13-12-22-26-27-24(29(22)28-23)18-8-11-20(32-2)21(16-18)33-3/h6-13,16,25H,4-5,14-15H2,1-3H3. The minimum Gasteiger partial charge on any atom is -0.493 e. The average molecular weight is 498 g/mol. The quantitative estimate of drug-likeness (QED) is 0.314. The summed E-state index contributed by atoms with van der Waals surface area (Å²) in [5.74, 6) is 1.96. The molecule has 0 fully saturated rings. The number of fused-ring (bicyclic) bond motifs is 1. The molecule has 0 unspecified atom stereocenters. The molecule has 0 aliphatic heterocycles. The Morgan fingerprint density at radius 2 is 1.71 bits per heavy atom. The molecule has 10 nitrogen and oxygen atoms in total. The molecular formula is C24H27N5O5S. The smallest absolute Gasteiger partial charge is 0.240 e. The van der Waals surface area contributed by atoms with Gasteiger partial charge in [-0.3, -0.25) is 0 Å². The molecule has 0 saturated carbocycles. The van der Waals surface area contributed by atoms with Gasteiger partial charge < -0.3 is 14.2 Å². The van der Waals surface area contributed by atoms with Gasteiger partial charge in [0.05, 0.1) is 19.1 Å². The molecule has 2 aromatic heterocycles. The molecule has 0 aliphatic carbocycles. The fourth-order valence-electron chi connectivity index (χ4n) is 3.54. The van der Waals surface area contributed by atoms with Crippen LogP contribution in [0.3, 0.4) is 0 Å². The highest BCUT2D eigenvalue weighted by Crippen LogP contribution is 2.31. The number of methoxy groups -OCH3 is 2. The summed E-state index contributed by atoms with van der Waals surface area (Å²) in [7, 11) is -0.498. The van der Waals surface area contributed by atoms with E-state index < -0.39 is 10.0 Å². The molecule has 4 aromatic rings. The van der Waals surface area contributed by atoms with Crippen molar-refractivity contribution in [1.82, 2.24) is 24.5 Å². The lowest BCUT2D eigenvalue weighted by Crippen LogP contribution is -2.28. The van der Waals surface area contributed by atoms with Crippen molar-refractivity contribution in [2.75, 3.05) is 27.4 Å². The van der Waals surface area contributed by atoms with Crippen LogP contribution >= 0.6 is 0 Å². The Labute approximate surface area is 203 Å².